The zero-order chi connectivity index (χ0) is 14.3. The lowest BCUT2D eigenvalue weighted by atomic mass is 9.95. The summed E-state index contributed by atoms with van der Waals surface area (Å²) in [6, 6.07) is 8.80. The first-order chi connectivity index (χ1) is 9.10. The third-order valence-corrected chi connectivity index (χ3v) is 2.86. The lowest BCUT2D eigenvalue weighted by Crippen LogP contribution is -2.19. The van der Waals surface area contributed by atoms with Crippen molar-refractivity contribution < 1.29 is 19.7 Å². The summed E-state index contributed by atoms with van der Waals surface area (Å²) in [5, 5.41) is 28.2. The fourth-order valence-corrected chi connectivity index (χ4v) is 1.80. The number of aryl methyl sites for hydroxylation is 1. The molecular weight excluding hydrogens is 246 g/mol. The van der Waals surface area contributed by atoms with Gasteiger partial charge in [0.1, 0.15) is 6.10 Å². The first-order valence-electron chi connectivity index (χ1n) is 5.97. The molecule has 0 spiro atoms. The molecule has 0 saturated heterocycles. The summed E-state index contributed by atoms with van der Waals surface area (Å²) in [6.07, 6.45) is -1.79. The van der Waals surface area contributed by atoms with Crippen LogP contribution in [0.4, 0.5) is 0 Å². The normalized spacial score (nSPS) is 13.4. The van der Waals surface area contributed by atoms with Crippen molar-refractivity contribution in [3.8, 4) is 6.07 Å². The van der Waals surface area contributed by atoms with Gasteiger partial charge >= 0.3 is 5.97 Å². The number of rotatable bonds is 6. The van der Waals surface area contributed by atoms with E-state index in [4.69, 9.17) is 5.26 Å². The van der Waals surface area contributed by atoms with Crippen molar-refractivity contribution in [1.29, 1.82) is 5.26 Å². The molecule has 5 heteroatoms. The van der Waals surface area contributed by atoms with E-state index >= 15 is 0 Å². The lowest BCUT2D eigenvalue weighted by Gasteiger charge is -2.18. The highest BCUT2D eigenvalue weighted by Gasteiger charge is 2.20. The zero-order valence-corrected chi connectivity index (χ0v) is 10.7. The quantitative estimate of drug-likeness (QED) is 0.750. The number of aliphatic hydroxyl groups excluding tert-OH is 2. The number of nitrogens with zero attached hydrogens (tertiary/aromatic N) is 1. The number of ether oxygens (including phenoxy) is 1. The average molecular weight is 263 g/mol. The molecule has 0 heterocycles. The molecule has 2 N–H and O–H groups in total. The first kappa shape index (κ1) is 15.2. The van der Waals surface area contributed by atoms with Crippen LogP contribution in [0.3, 0.4) is 0 Å². The predicted octanol–water partition coefficient (Wildman–Crippen LogP) is 1.10. The Morgan fingerprint density at radius 3 is 2.74 bits per heavy atom. The van der Waals surface area contributed by atoms with Gasteiger partial charge in [0.25, 0.3) is 0 Å². The van der Waals surface area contributed by atoms with E-state index in [-0.39, 0.29) is 18.8 Å². The van der Waals surface area contributed by atoms with Crippen LogP contribution in [0.5, 0.6) is 0 Å². The third-order valence-electron chi connectivity index (χ3n) is 2.86. The largest absolute Gasteiger partial charge is 0.469 e. The van der Waals surface area contributed by atoms with Crippen LogP contribution in [-0.2, 0) is 16.0 Å². The van der Waals surface area contributed by atoms with E-state index < -0.39 is 12.2 Å². The molecule has 1 aromatic rings. The Hall–Kier alpha value is -1.90. The van der Waals surface area contributed by atoms with Crippen LogP contribution in [0, 0.1) is 11.3 Å². The van der Waals surface area contributed by atoms with Gasteiger partial charge in [0, 0.05) is 6.42 Å². The van der Waals surface area contributed by atoms with Gasteiger partial charge in [-0.2, -0.15) is 5.26 Å². The van der Waals surface area contributed by atoms with Gasteiger partial charge in [-0.1, -0.05) is 24.3 Å². The van der Waals surface area contributed by atoms with Crippen molar-refractivity contribution in [2.24, 2.45) is 0 Å². The molecule has 1 aromatic carbocycles. The Kier molecular flexibility index (Phi) is 6.00. The summed E-state index contributed by atoms with van der Waals surface area (Å²) in [5.41, 5.74) is 1.30. The number of carbonyl (C=O) groups excluding carboxylic acids is 1. The fraction of sp³-hybridized carbons (Fsp3) is 0.429. The van der Waals surface area contributed by atoms with Gasteiger partial charge in [0.2, 0.25) is 0 Å². The maximum atomic E-state index is 11.1. The first-order valence-corrected chi connectivity index (χ1v) is 5.97. The highest BCUT2D eigenvalue weighted by Crippen LogP contribution is 2.23. The van der Waals surface area contributed by atoms with Gasteiger partial charge in [-0.3, -0.25) is 4.79 Å². The van der Waals surface area contributed by atoms with Crippen LogP contribution in [0.25, 0.3) is 0 Å². The van der Waals surface area contributed by atoms with E-state index in [1.807, 2.05) is 6.07 Å². The fourth-order valence-electron chi connectivity index (χ4n) is 1.80. The van der Waals surface area contributed by atoms with E-state index in [1.165, 1.54) is 7.11 Å². The molecule has 19 heavy (non-hydrogen) atoms. The summed E-state index contributed by atoms with van der Waals surface area (Å²) >= 11 is 0. The predicted molar refractivity (Wildman–Crippen MR) is 68.0 cm³/mol. The van der Waals surface area contributed by atoms with Crippen molar-refractivity contribution in [2.75, 3.05) is 7.11 Å². The van der Waals surface area contributed by atoms with Gasteiger partial charge < -0.3 is 14.9 Å². The minimum atomic E-state index is -1.13. The molecule has 0 aromatic heterocycles. The average Bonchev–Trinajstić information content (AvgIpc) is 2.44. The Labute approximate surface area is 112 Å². The molecule has 102 valence electrons. The van der Waals surface area contributed by atoms with Crippen molar-refractivity contribution in [2.45, 2.75) is 31.5 Å². The molecule has 2 unspecified atom stereocenters. The van der Waals surface area contributed by atoms with Crippen molar-refractivity contribution in [3.63, 3.8) is 0 Å². The molecule has 0 aliphatic carbocycles. The Morgan fingerprint density at radius 2 is 2.11 bits per heavy atom. The number of esters is 1. The van der Waals surface area contributed by atoms with Crippen LogP contribution in [0.15, 0.2) is 24.3 Å². The van der Waals surface area contributed by atoms with Crippen LogP contribution in [-0.4, -0.2) is 29.4 Å². The van der Waals surface area contributed by atoms with E-state index in [9.17, 15) is 15.0 Å². The number of hydrogen-bond donors (Lipinski definition) is 2. The van der Waals surface area contributed by atoms with E-state index in [2.05, 4.69) is 4.74 Å². The number of nitriles is 1. The Balaban J connectivity index is 2.83. The molecule has 1 rings (SSSR count). The van der Waals surface area contributed by atoms with Crippen LogP contribution < -0.4 is 0 Å². The van der Waals surface area contributed by atoms with Crippen molar-refractivity contribution in [3.05, 3.63) is 35.4 Å². The Bertz CT molecular complexity index is 467. The SMILES string of the molecule is COC(=O)CCc1ccccc1C(O)C(O)CC#N. The maximum Gasteiger partial charge on any atom is 0.305 e. The number of hydrogen-bond acceptors (Lipinski definition) is 5. The molecule has 2 atom stereocenters. The van der Waals surface area contributed by atoms with Crippen LogP contribution in [0.1, 0.15) is 30.1 Å². The monoisotopic (exact) mass is 263 g/mol. The molecule has 0 radical (unpaired) electrons. The maximum absolute atomic E-state index is 11.1. The molecule has 0 saturated carbocycles. The van der Waals surface area contributed by atoms with Gasteiger partial charge in [-0.05, 0) is 17.5 Å². The van der Waals surface area contributed by atoms with Gasteiger partial charge in [0.05, 0.1) is 25.7 Å². The smallest absolute Gasteiger partial charge is 0.305 e. The Morgan fingerprint density at radius 1 is 1.42 bits per heavy atom. The summed E-state index contributed by atoms with van der Waals surface area (Å²) < 4.78 is 4.56. The third kappa shape index (κ3) is 4.36. The molecular formula is C14H17NO4. The second-order valence-electron chi connectivity index (χ2n) is 4.15. The van der Waals surface area contributed by atoms with E-state index in [0.717, 1.165) is 5.56 Å². The molecule has 0 aliphatic rings. The summed E-state index contributed by atoms with van der Waals surface area (Å²) in [5.74, 6) is -0.332. The van der Waals surface area contributed by atoms with E-state index in [1.54, 1.807) is 24.3 Å². The minimum Gasteiger partial charge on any atom is -0.469 e. The number of carbonyl (C=O) groups is 1. The molecule has 0 amide bonds. The van der Waals surface area contributed by atoms with Crippen LogP contribution >= 0.6 is 0 Å². The zero-order valence-electron chi connectivity index (χ0n) is 10.7. The number of methoxy groups -OCH3 is 1. The highest BCUT2D eigenvalue weighted by molar-refractivity contribution is 5.69. The highest BCUT2D eigenvalue weighted by atomic mass is 16.5. The van der Waals surface area contributed by atoms with Gasteiger partial charge in [0.15, 0.2) is 0 Å². The molecule has 0 aliphatic heterocycles. The van der Waals surface area contributed by atoms with Crippen molar-refractivity contribution >= 4 is 5.97 Å². The minimum absolute atomic E-state index is 0.146. The molecule has 5 nitrogen and oxygen atoms in total. The summed E-state index contributed by atoms with van der Waals surface area (Å²) in [4.78, 5) is 11.1. The second-order valence-corrected chi connectivity index (χ2v) is 4.15. The molecule has 0 bridgehead atoms. The summed E-state index contributed by atoms with van der Waals surface area (Å²) in [6.45, 7) is 0. The summed E-state index contributed by atoms with van der Waals surface area (Å²) in [7, 11) is 1.32. The van der Waals surface area contributed by atoms with Gasteiger partial charge in [-0.25, -0.2) is 0 Å². The van der Waals surface area contributed by atoms with Gasteiger partial charge in [-0.15, -0.1) is 0 Å². The van der Waals surface area contributed by atoms with Crippen LogP contribution in [0.2, 0.25) is 0 Å². The second kappa shape index (κ2) is 7.52. The van der Waals surface area contributed by atoms with E-state index in [0.29, 0.717) is 12.0 Å². The standard InChI is InChI=1S/C14H17NO4/c1-19-13(17)7-6-10-4-2-3-5-11(10)14(18)12(16)8-9-15/h2-5,12,14,16,18H,6-8H2,1H3. The van der Waals surface area contributed by atoms with Crippen molar-refractivity contribution in [1.82, 2.24) is 0 Å². The number of benzene rings is 1. The topological polar surface area (TPSA) is 90.6 Å². The molecule has 0 fully saturated rings. The number of aliphatic hydroxyl groups is 2. The lowest BCUT2D eigenvalue weighted by molar-refractivity contribution is -0.140.